The molecule has 1 aliphatic heterocycles. The number of hydroxylamine groups is 2. The summed E-state index contributed by atoms with van der Waals surface area (Å²) in [5.41, 5.74) is -1.28. The van der Waals surface area contributed by atoms with E-state index in [4.69, 9.17) is 4.28 Å². The first-order chi connectivity index (χ1) is 14.1. The Morgan fingerprint density at radius 1 is 1.07 bits per heavy atom. The molecule has 2 aliphatic carbocycles. The van der Waals surface area contributed by atoms with Crippen LogP contribution in [-0.4, -0.2) is 36.8 Å². The third-order valence-electron chi connectivity index (χ3n) is 7.49. The van der Waals surface area contributed by atoms with Crippen LogP contribution in [0, 0.1) is 16.7 Å². The van der Waals surface area contributed by atoms with E-state index in [0.29, 0.717) is 23.3 Å². The van der Waals surface area contributed by atoms with Crippen molar-refractivity contribution in [2.24, 2.45) is 16.7 Å². The SMILES string of the molecule is CC1(C)C2CCC1(CS(=O)(=O)ON1C(=O)c3ccc4ccccc4c3C1=O)C(=O)C2. The zero-order valence-electron chi connectivity index (χ0n) is 16.7. The van der Waals surface area contributed by atoms with Gasteiger partial charge < -0.3 is 0 Å². The summed E-state index contributed by atoms with van der Waals surface area (Å²) in [6, 6.07) is 10.3. The second kappa shape index (κ2) is 5.98. The lowest BCUT2D eigenvalue weighted by Gasteiger charge is -2.35. The summed E-state index contributed by atoms with van der Waals surface area (Å²) < 4.78 is 30.9. The number of imide groups is 1. The largest absolute Gasteiger partial charge is 0.299 e. The minimum Gasteiger partial charge on any atom is -0.299 e. The summed E-state index contributed by atoms with van der Waals surface area (Å²) in [6.45, 7) is 3.83. The number of hydrogen-bond donors (Lipinski definition) is 0. The predicted molar refractivity (Wildman–Crippen MR) is 108 cm³/mol. The van der Waals surface area contributed by atoms with Gasteiger partial charge in [-0.25, -0.2) is 0 Å². The molecule has 2 atom stereocenters. The number of Topliss-reactive ketones (excluding diaryl/α,β-unsaturated/α-hetero) is 1. The summed E-state index contributed by atoms with van der Waals surface area (Å²) in [5, 5.41) is 1.64. The Morgan fingerprint density at radius 3 is 2.47 bits per heavy atom. The maximum atomic E-state index is 12.9. The highest BCUT2D eigenvalue weighted by Gasteiger charge is 2.65. The number of benzene rings is 2. The van der Waals surface area contributed by atoms with Crippen molar-refractivity contribution in [1.82, 2.24) is 5.06 Å². The van der Waals surface area contributed by atoms with Gasteiger partial charge in [-0.05, 0) is 41.0 Å². The van der Waals surface area contributed by atoms with E-state index in [9.17, 15) is 22.8 Å². The molecule has 0 spiro atoms. The van der Waals surface area contributed by atoms with Gasteiger partial charge in [-0.15, -0.1) is 9.35 Å². The van der Waals surface area contributed by atoms with Gasteiger partial charge in [-0.3, -0.25) is 14.4 Å². The van der Waals surface area contributed by atoms with E-state index in [2.05, 4.69) is 0 Å². The molecular formula is C22H21NO6S. The Bertz CT molecular complexity index is 1250. The molecule has 5 rings (SSSR count). The summed E-state index contributed by atoms with van der Waals surface area (Å²) in [7, 11) is -4.37. The van der Waals surface area contributed by atoms with Gasteiger partial charge in [0.1, 0.15) is 5.78 Å². The van der Waals surface area contributed by atoms with Gasteiger partial charge in [-0.2, -0.15) is 8.42 Å². The summed E-state index contributed by atoms with van der Waals surface area (Å²) in [5.74, 6) is -2.09. The van der Waals surface area contributed by atoms with Crippen molar-refractivity contribution >= 4 is 38.5 Å². The quantitative estimate of drug-likeness (QED) is 0.696. The number of carbonyl (C=O) groups excluding carboxylic acids is 3. The van der Waals surface area contributed by atoms with Crippen molar-refractivity contribution in [1.29, 1.82) is 0 Å². The number of nitrogens with zero attached hydrogens (tertiary/aromatic N) is 1. The van der Waals surface area contributed by atoms with Crippen LogP contribution in [-0.2, 0) is 19.2 Å². The predicted octanol–water partition coefficient (Wildman–Crippen LogP) is 3.09. The molecule has 2 unspecified atom stereocenters. The molecule has 2 fully saturated rings. The summed E-state index contributed by atoms with van der Waals surface area (Å²) >= 11 is 0. The standard InChI is InChI=1S/C22H21NO6S/c1-21(2)14-9-10-22(21,17(24)11-14)12-30(27,28)29-23-19(25)16-8-7-13-5-3-4-6-15(13)18(16)20(23)26/h3-8,14H,9-12H2,1-2H3. The van der Waals surface area contributed by atoms with Gasteiger partial charge in [0, 0.05) is 6.42 Å². The van der Waals surface area contributed by atoms with Gasteiger partial charge in [-0.1, -0.05) is 44.2 Å². The number of rotatable bonds is 4. The Morgan fingerprint density at radius 2 is 1.80 bits per heavy atom. The molecule has 0 aromatic heterocycles. The van der Waals surface area contributed by atoms with Gasteiger partial charge in [0.25, 0.3) is 21.9 Å². The number of amides is 2. The zero-order valence-corrected chi connectivity index (χ0v) is 17.5. The molecule has 2 amide bonds. The van der Waals surface area contributed by atoms with Gasteiger partial charge in [0.05, 0.1) is 22.3 Å². The molecule has 0 radical (unpaired) electrons. The Labute approximate surface area is 174 Å². The van der Waals surface area contributed by atoms with Crippen LogP contribution in [0.25, 0.3) is 10.8 Å². The summed E-state index contributed by atoms with van der Waals surface area (Å²) in [4.78, 5) is 38.4. The second-order valence-electron chi connectivity index (χ2n) is 9.06. The lowest BCUT2D eigenvalue weighted by Crippen LogP contribution is -2.44. The van der Waals surface area contributed by atoms with Crippen molar-refractivity contribution in [2.45, 2.75) is 33.1 Å². The lowest BCUT2D eigenvalue weighted by molar-refractivity contribution is -0.128. The fraction of sp³-hybridized carbons (Fsp3) is 0.409. The minimum atomic E-state index is -4.37. The molecule has 2 bridgehead atoms. The molecule has 30 heavy (non-hydrogen) atoms. The smallest absolute Gasteiger partial charge is 0.289 e. The van der Waals surface area contributed by atoms with Crippen molar-refractivity contribution in [3.63, 3.8) is 0 Å². The molecular weight excluding hydrogens is 406 g/mol. The normalized spacial score (nSPS) is 27.3. The molecule has 7 nitrogen and oxygen atoms in total. The van der Waals surface area contributed by atoms with Gasteiger partial charge >= 0.3 is 0 Å². The van der Waals surface area contributed by atoms with Crippen LogP contribution in [0.1, 0.15) is 53.8 Å². The van der Waals surface area contributed by atoms with Gasteiger partial charge in [0.15, 0.2) is 0 Å². The first-order valence-electron chi connectivity index (χ1n) is 9.93. The van der Waals surface area contributed by atoms with Crippen LogP contribution in [0.15, 0.2) is 36.4 Å². The highest BCUT2D eigenvalue weighted by atomic mass is 32.2. The Balaban J connectivity index is 1.47. The molecule has 1 heterocycles. The molecule has 2 aromatic rings. The van der Waals surface area contributed by atoms with Gasteiger partial charge in [0.2, 0.25) is 0 Å². The first kappa shape index (κ1) is 19.4. The van der Waals surface area contributed by atoms with E-state index in [1.165, 1.54) is 6.07 Å². The third kappa shape index (κ3) is 2.40. The van der Waals surface area contributed by atoms with Crippen molar-refractivity contribution in [3.8, 4) is 0 Å². The van der Waals surface area contributed by atoms with Crippen molar-refractivity contribution in [3.05, 3.63) is 47.5 Å². The van der Waals surface area contributed by atoms with E-state index in [1.807, 2.05) is 19.9 Å². The molecule has 156 valence electrons. The van der Waals surface area contributed by atoms with Crippen LogP contribution >= 0.6 is 0 Å². The number of carbonyl (C=O) groups is 3. The molecule has 3 aliphatic rings. The molecule has 0 saturated heterocycles. The van der Waals surface area contributed by atoms with Crippen molar-refractivity contribution in [2.75, 3.05) is 5.75 Å². The van der Waals surface area contributed by atoms with Crippen LogP contribution in [0.3, 0.4) is 0 Å². The molecule has 8 heteroatoms. The van der Waals surface area contributed by atoms with E-state index in [0.717, 1.165) is 11.8 Å². The van der Waals surface area contributed by atoms with E-state index in [-0.39, 0.29) is 22.8 Å². The monoisotopic (exact) mass is 427 g/mol. The lowest BCUT2D eigenvalue weighted by atomic mass is 9.70. The van der Waals surface area contributed by atoms with Crippen LogP contribution < -0.4 is 0 Å². The van der Waals surface area contributed by atoms with E-state index in [1.54, 1.807) is 24.3 Å². The number of ketones is 1. The molecule has 2 aromatic carbocycles. The van der Waals surface area contributed by atoms with Crippen LogP contribution in [0.5, 0.6) is 0 Å². The third-order valence-corrected chi connectivity index (χ3v) is 8.72. The number of hydrogen-bond acceptors (Lipinski definition) is 6. The topological polar surface area (TPSA) is 97.8 Å². The maximum Gasteiger partial charge on any atom is 0.289 e. The highest BCUT2D eigenvalue weighted by Crippen LogP contribution is 2.64. The number of fused-ring (bicyclic) bond motifs is 5. The Kier molecular flexibility index (Phi) is 3.87. The fourth-order valence-corrected chi connectivity index (χ4v) is 7.30. The fourth-order valence-electron chi connectivity index (χ4n) is 5.60. The van der Waals surface area contributed by atoms with E-state index >= 15 is 0 Å². The van der Waals surface area contributed by atoms with E-state index < -0.39 is 38.5 Å². The average molecular weight is 427 g/mol. The highest BCUT2D eigenvalue weighted by molar-refractivity contribution is 7.86. The molecule has 0 N–H and O–H groups in total. The maximum absolute atomic E-state index is 12.9. The Hall–Kier alpha value is -2.58. The molecule has 2 saturated carbocycles. The van der Waals surface area contributed by atoms with Crippen LogP contribution in [0.4, 0.5) is 0 Å². The second-order valence-corrected chi connectivity index (χ2v) is 10.6. The van der Waals surface area contributed by atoms with Crippen molar-refractivity contribution < 1.29 is 27.1 Å². The zero-order chi connectivity index (χ0) is 21.5. The van der Waals surface area contributed by atoms with Crippen LogP contribution in [0.2, 0.25) is 0 Å². The summed E-state index contributed by atoms with van der Waals surface area (Å²) in [6.07, 6.45) is 1.62. The average Bonchev–Trinajstić information content (AvgIpc) is 3.15. The first-order valence-corrected chi connectivity index (χ1v) is 11.5. The minimum absolute atomic E-state index is 0.0794.